The van der Waals surface area contributed by atoms with Gasteiger partial charge in [0.15, 0.2) is 0 Å². The summed E-state index contributed by atoms with van der Waals surface area (Å²) in [6.45, 7) is 0. The lowest BCUT2D eigenvalue weighted by molar-refractivity contribution is -0.385. The lowest BCUT2D eigenvalue weighted by atomic mass is 10.1. The second kappa shape index (κ2) is 3.41. The highest BCUT2D eigenvalue weighted by atomic mass is 16.6. The van der Waals surface area contributed by atoms with Crippen LogP contribution in [0.1, 0.15) is 0 Å². The van der Waals surface area contributed by atoms with Gasteiger partial charge in [-0.15, -0.1) is 0 Å². The molecule has 0 saturated heterocycles. The number of H-pyrrole nitrogens is 1. The molecule has 2 rings (SSSR count). The number of hydrogen-bond donors (Lipinski definition) is 2. The molecule has 0 bridgehead atoms. The van der Waals surface area contributed by atoms with Crippen LogP contribution in [0.4, 0.5) is 5.69 Å². The largest absolute Gasteiger partial charge is 0.502 e. The van der Waals surface area contributed by atoms with Crippen molar-refractivity contribution in [3.05, 3.63) is 40.6 Å². The quantitative estimate of drug-likeness (QED) is 0.576. The zero-order valence-electron chi connectivity index (χ0n) is 7.54. The van der Waals surface area contributed by atoms with Crippen LogP contribution >= 0.6 is 0 Å². The van der Waals surface area contributed by atoms with Gasteiger partial charge in [-0.05, 0) is 12.1 Å². The third-order valence-corrected chi connectivity index (χ3v) is 2.00. The molecule has 0 saturated carbocycles. The fourth-order valence-electron chi connectivity index (χ4n) is 1.30. The maximum Gasteiger partial charge on any atom is 0.311 e. The Hall–Kier alpha value is -2.37. The van der Waals surface area contributed by atoms with Crippen molar-refractivity contribution in [1.82, 2.24) is 10.2 Å². The summed E-state index contributed by atoms with van der Waals surface area (Å²) in [5.41, 5.74) is 0.583. The fraction of sp³-hybridized carbons (Fsp3) is 0. The van der Waals surface area contributed by atoms with Gasteiger partial charge in [0.2, 0.25) is 5.75 Å². The van der Waals surface area contributed by atoms with Crippen LogP contribution in [0, 0.1) is 10.1 Å². The molecule has 6 heteroatoms. The van der Waals surface area contributed by atoms with Gasteiger partial charge < -0.3 is 5.11 Å². The Morgan fingerprint density at radius 1 is 1.40 bits per heavy atom. The molecule has 2 aromatic rings. The minimum Gasteiger partial charge on any atom is -0.502 e. The van der Waals surface area contributed by atoms with Gasteiger partial charge in [0.1, 0.15) is 0 Å². The first-order valence-electron chi connectivity index (χ1n) is 4.16. The second-order valence-electron chi connectivity index (χ2n) is 2.90. The Kier molecular flexibility index (Phi) is 2.09. The second-order valence-corrected chi connectivity index (χ2v) is 2.90. The van der Waals surface area contributed by atoms with Crippen molar-refractivity contribution in [2.45, 2.75) is 0 Å². The number of nitrogens with zero attached hydrogens (tertiary/aromatic N) is 2. The molecule has 76 valence electrons. The molecule has 0 fully saturated rings. The Balaban J connectivity index is 2.59. The molecule has 0 radical (unpaired) electrons. The smallest absolute Gasteiger partial charge is 0.311 e. The van der Waals surface area contributed by atoms with Crippen molar-refractivity contribution in [3.63, 3.8) is 0 Å². The monoisotopic (exact) mass is 205 g/mol. The summed E-state index contributed by atoms with van der Waals surface area (Å²) in [6.07, 6.45) is 1.51. The van der Waals surface area contributed by atoms with Gasteiger partial charge in [0, 0.05) is 17.8 Å². The summed E-state index contributed by atoms with van der Waals surface area (Å²) in [6, 6.07) is 5.96. The predicted octanol–water partition coefficient (Wildman–Crippen LogP) is 1.69. The number of nitrogens with one attached hydrogen (secondary N) is 1. The van der Waals surface area contributed by atoms with Crippen molar-refractivity contribution in [2.24, 2.45) is 0 Å². The maximum absolute atomic E-state index is 10.6. The van der Waals surface area contributed by atoms with Crippen molar-refractivity contribution in [2.75, 3.05) is 0 Å². The number of phenols is 1. The van der Waals surface area contributed by atoms with Gasteiger partial charge in [-0.1, -0.05) is 6.07 Å². The highest BCUT2D eigenvalue weighted by Crippen LogP contribution is 2.35. The van der Waals surface area contributed by atoms with Crippen molar-refractivity contribution >= 4 is 5.69 Å². The average Bonchev–Trinajstić information content (AvgIpc) is 2.70. The Labute approximate surface area is 84.3 Å². The van der Waals surface area contributed by atoms with E-state index in [9.17, 15) is 15.2 Å². The number of aromatic amines is 1. The van der Waals surface area contributed by atoms with Crippen molar-refractivity contribution < 1.29 is 10.0 Å². The number of aromatic nitrogens is 2. The zero-order valence-corrected chi connectivity index (χ0v) is 7.54. The highest BCUT2D eigenvalue weighted by molar-refractivity contribution is 5.72. The summed E-state index contributed by atoms with van der Waals surface area (Å²) in [4.78, 5) is 9.93. The van der Waals surface area contributed by atoms with Gasteiger partial charge in [-0.3, -0.25) is 15.2 Å². The van der Waals surface area contributed by atoms with Crippen LogP contribution in [0.5, 0.6) is 5.75 Å². The van der Waals surface area contributed by atoms with Crippen LogP contribution in [0.3, 0.4) is 0 Å². The molecular weight excluding hydrogens is 198 g/mol. The molecule has 0 amide bonds. The predicted molar refractivity (Wildman–Crippen MR) is 52.3 cm³/mol. The van der Waals surface area contributed by atoms with Gasteiger partial charge in [-0.2, -0.15) is 5.10 Å². The molecule has 0 aliphatic heterocycles. The number of para-hydroxylation sites is 1. The summed E-state index contributed by atoms with van der Waals surface area (Å²) in [7, 11) is 0. The number of benzene rings is 1. The molecule has 6 nitrogen and oxygen atoms in total. The molecule has 15 heavy (non-hydrogen) atoms. The van der Waals surface area contributed by atoms with E-state index in [1.54, 1.807) is 12.1 Å². The number of hydrogen-bond acceptors (Lipinski definition) is 4. The van der Waals surface area contributed by atoms with Crippen molar-refractivity contribution in [3.8, 4) is 17.0 Å². The lowest BCUT2D eigenvalue weighted by Gasteiger charge is -2.01. The summed E-state index contributed by atoms with van der Waals surface area (Å²) in [5, 5.41) is 26.5. The van der Waals surface area contributed by atoms with Crippen LogP contribution in [0.2, 0.25) is 0 Å². The van der Waals surface area contributed by atoms with E-state index in [1.165, 1.54) is 18.3 Å². The number of nitro groups is 1. The minimum absolute atomic E-state index is 0.317. The standard InChI is InChI=1S/C9H7N3O3/c13-9-6(7-4-5-10-11-7)2-1-3-8(9)12(14)15/h1-5,13H,(H,10,11). The van der Waals surface area contributed by atoms with Crippen molar-refractivity contribution in [1.29, 1.82) is 0 Å². The molecule has 1 aromatic carbocycles. The topological polar surface area (TPSA) is 92.0 Å². The SMILES string of the molecule is O=[N+]([O-])c1cccc(-c2ccn[nH]2)c1O. The summed E-state index contributed by atoms with van der Waals surface area (Å²) >= 11 is 0. The van der Waals surface area contributed by atoms with E-state index in [4.69, 9.17) is 0 Å². The summed E-state index contributed by atoms with van der Waals surface area (Å²) in [5.74, 6) is -0.355. The average molecular weight is 205 g/mol. The Morgan fingerprint density at radius 2 is 2.20 bits per heavy atom. The number of rotatable bonds is 2. The van der Waals surface area contributed by atoms with Gasteiger partial charge in [0.05, 0.1) is 10.6 Å². The molecule has 2 N–H and O–H groups in total. The van der Waals surface area contributed by atoms with Gasteiger partial charge in [0.25, 0.3) is 0 Å². The fourth-order valence-corrected chi connectivity index (χ4v) is 1.30. The van der Waals surface area contributed by atoms with E-state index in [0.29, 0.717) is 11.3 Å². The normalized spacial score (nSPS) is 10.1. The van der Waals surface area contributed by atoms with E-state index in [0.717, 1.165) is 0 Å². The van der Waals surface area contributed by atoms with Crippen LogP contribution in [0.15, 0.2) is 30.5 Å². The third-order valence-electron chi connectivity index (χ3n) is 2.00. The summed E-state index contributed by atoms with van der Waals surface area (Å²) < 4.78 is 0. The van der Waals surface area contributed by atoms with Crippen LogP contribution < -0.4 is 0 Å². The molecule has 1 aromatic heterocycles. The van der Waals surface area contributed by atoms with Gasteiger partial charge >= 0.3 is 5.69 Å². The molecular formula is C9H7N3O3. The van der Waals surface area contributed by atoms with Crippen LogP contribution in [0.25, 0.3) is 11.3 Å². The van der Waals surface area contributed by atoms with E-state index in [2.05, 4.69) is 10.2 Å². The Morgan fingerprint density at radius 3 is 2.80 bits per heavy atom. The molecule has 0 unspecified atom stereocenters. The van der Waals surface area contributed by atoms with E-state index in [-0.39, 0.29) is 11.4 Å². The highest BCUT2D eigenvalue weighted by Gasteiger charge is 2.17. The molecule has 0 atom stereocenters. The first-order chi connectivity index (χ1) is 7.20. The van der Waals surface area contributed by atoms with E-state index >= 15 is 0 Å². The zero-order chi connectivity index (χ0) is 10.8. The van der Waals surface area contributed by atoms with Crippen LogP contribution in [-0.2, 0) is 0 Å². The Bertz CT molecular complexity index is 493. The molecule has 0 spiro atoms. The lowest BCUT2D eigenvalue weighted by Crippen LogP contribution is -1.90. The third kappa shape index (κ3) is 1.52. The van der Waals surface area contributed by atoms with Crippen LogP contribution in [-0.4, -0.2) is 20.2 Å². The maximum atomic E-state index is 10.6. The minimum atomic E-state index is -0.630. The number of phenolic OH excluding ortho intramolecular Hbond substituents is 1. The van der Waals surface area contributed by atoms with Gasteiger partial charge in [-0.25, -0.2) is 0 Å². The number of aromatic hydroxyl groups is 1. The van der Waals surface area contributed by atoms with E-state index in [1.807, 2.05) is 0 Å². The number of nitro benzene ring substituents is 1. The first kappa shape index (κ1) is 9.20. The van der Waals surface area contributed by atoms with E-state index < -0.39 is 4.92 Å². The first-order valence-corrected chi connectivity index (χ1v) is 4.16. The molecule has 1 heterocycles. The molecule has 0 aliphatic rings. The molecule has 0 aliphatic carbocycles.